The van der Waals surface area contributed by atoms with Crippen molar-refractivity contribution in [3.05, 3.63) is 45.6 Å². The molecule has 8 nitrogen and oxygen atoms in total. The van der Waals surface area contributed by atoms with E-state index >= 15 is 0 Å². The first-order chi connectivity index (χ1) is 13.8. The van der Waals surface area contributed by atoms with Gasteiger partial charge in [-0.25, -0.2) is 14.6 Å². The van der Waals surface area contributed by atoms with Crippen molar-refractivity contribution >= 4 is 44.2 Å². The molecule has 0 aliphatic rings. The molecular weight excluding hydrogens is 388 g/mol. The lowest BCUT2D eigenvalue weighted by atomic mass is 10.2. The molecule has 4 aromatic heterocycles. The minimum atomic E-state index is -0.187. The van der Waals surface area contributed by atoms with Crippen LogP contribution in [0.15, 0.2) is 29.6 Å². The number of nitrogens with one attached hydrogen (secondary N) is 1. The van der Waals surface area contributed by atoms with Crippen molar-refractivity contribution in [3.63, 3.8) is 0 Å². The number of carbonyl (C=O) groups is 1. The number of aryl methyl sites for hydroxylation is 3. The van der Waals surface area contributed by atoms with Crippen molar-refractivity contribution in [3.8, 4) is 0 Å². The van der Waals surface area contributed by atoms with Crippen LogP contribution >= 0.6 is 11.3 Å². The van der Waals surface area contributed by atoms with E-state index in [-0.39, 0.29) is 30.5 Å². The first-order valence-electron chi connectivity index (χ1n) is 9.43. The number of pyridine rings is 1. The van der Waals surface area contributed by atoms with Gasteiger partial charge in [0.25, 0.3) is 5.56 Å². The first kappa shape index (κ1) is 19.3. The van der Waals surface area contributed by atoms with Crippen molar-refractivity contribution in [2.45, 2.75) is 46.7 Å². The normalized spacial score (nSPS) is 11.6. The molecule has 0 unspecified atom stereocenters. The minimum absolute atomic E-state index is 0.103. The largest absolute Gasteiger partial charge is 0.325 e. The summed E-state index contributed by atoms with van der Waals surface area (Å²) in [6.07, 6.45) is 5.04. The summed E-state index contributed by atoms with van der Waals surface area (Å²) in [7, 11) is 0. The van der Waals surface area contributed by atoms with Crippen LogP contribution in [0.1, 0.15) is 36.8 Å². The van der Waals surface area contributed by atoms with E-state index in [1.165, 1.54) is 22.2 Å². The third kappa shape index (κ3) is 3.53. The predicted octanol–water partition coefficient (Wildman–Crippen LogP) is 3.43. The summed E-state index contributed by atoms with van der Waals surface area (Å²) >= 11 is 1.51. The van der Waals surface area contributed by atoms with Crippen LogP contribution in [0.3, 0.4) is 0 Å². The van der Waals surface area contributed by atoms with Crippen LogP contribution in [0.5, 0.6) is 0 Å². The Kier molecular flexibility index (Phi) is 4.91. The monoisotopic (exact) mass is 410 g/mol. The van der Waals surface area contributed by atoms with Gasteiger partial charge >= 0.3 is 0 Å². The van der Waals surface area contributed by atoms with Crippen LogP contribution in [0, 0.1) is 13.8 Å². The Bertz CT molecular complexity index is 1280. The van der Waals surface area contributed by atoms with Gasteiger partial charge in [-0.2, -0.15) is 5.10 Å². The second kappa shape index (κ2) is 7.40. The molecule has 0 aliphatic carbocycles. The molecule has 4 rings (SSSR count). The third-order valence-electron chi connectivity index (χ3n) is 4.94. The van der Waals surface area contributed by atoms with E-state index in [0.29, 0.717) is 11.1 Å². The van der Waals surface area contributed by atoms with Gasteiger partial charge in [0.05, 0.1) is 29.8 Å². The molecule has 0 radical (unpaired) electrons. The summed E-state index contributed by atoms with van der Waals surface area (Å²) < 4.78 is 3.33. The molecule has 150 valence electrons. The maximum absolute atomic E-state index is 12.7. The molecule has 0 aromatic carbocycles. The number of hydrogen-bond acceptors (Lipinski definition) is 6. The number of carbonyl (C=O) groups excluding carboxylic acids is 1. The van der Waals surface area contributed by atoms with E-state index in [1.54, 1.807) is 12.4 Å². The average Bonchev–Trinajstić information content (AvgIpc) is 3.22. The summed E-state index contributed by atoms with van der Waals surface area (Å²) in [5, 5.41) is 8.69. The fourth-order valence-electron chi connectivity index (χ4n) is 3.26. The van der Waals surface area contributed by atoms with Crippen molar-refractivity contribution in [1.82, 2.24) is 24.3 Å². The van der Waals surface area contributed by atoms with Crippen LogP contribution in [-0.4, -0.2) is 30.2 Å². The number of aromatic nitrogens is 5. The predicted molar refractivity (Wildman–Crippen MR) is 115 cm³/mol. The zero-order valence-electron chi connectivity index (χ0n) is 16.8. The molecule has 0 saturated heterocycles. The van der Waals surface area contributed by atoms with E-state index in [4.69, 9.17) is 0 Å². The maximum Gasteiger partial charge on any atom is 0.262 e. The smallest absolute Gasteiger partial charge is 0.262 e. The Morgan fingerprint density at radius 3 is 2.79 bits per heavy atom. The van der Waals surface area contributed by atoms with Gasteiger partial charge in [-0.05, 0) is 39.3 Å². The number of rotatable bonds is 5. The van der Waals surface area contributed by atoms with Gasteiger partial charge in [0.2, 0.25) is 5.91 Å². The molecular formula is C20H22N6O2S. The van der Waals surface area contributed by atoms with Gasteiger partial charge in [-0.1, -0.05) is 0 Å². The van der Waals surface area contributed by atoms with Gasteiger partial charge < -0.3 is 5.32 Å². The Balaban J connectivity index is 1.47. The highest BCUT2D eigenvalue weighted by atomic mass is 32.1. The molecule has 4 heterocycles. The van der Waals surface area contributed by atoms with E-state index in [2.05, 4.69) is 20.4 Å². The highest BCUT2D eigenvalue weighted by Crippen LogP contribution is 2.25. The SMILES string of the molecule is Cc1sc2ncn(CCC(=O)Nc3cnc4c(cnn4C(C)C)c3)c(=O)c2c1C. The van der Waals surface area contributed by atoms with E-state index in [9.17, 15) is 9.59 Å². The molecule has 0 bridgehead atoms. The van der Waals surface area contributed by atoms with Crippen molar-refractivity contribution in [2.24, 2.45) is 0 Å². The quantitative estimate of drug-likeness (QED) is 0.544. The highest BCUT2D eigenvalue weighted by Gasteiger charge is 2.13. The summed E-state index contributed by atoms with van der Waals surface area (Å²) in [6, 6.07) is 2.06. The number of hydrogen-bond donors (Lipinski definition) is 1. The summed E-state index contributed by atoms with van der Waals surface area (Å²) in [6.45, 7) is 8.25. The van der Waals surface area contributed by atoms with Gasteiger partial charge in [-0.15, -0.1) is 11.3 Å². The van der Waals surface area contributed by atoms with Crippen molar-refractivity contribution in [1.29, 1.82) is 0 Å². The van der Waals surface area contributed by atoms with Gasteiger partial charge in [-0.3, -0.25) is 14.2 Å². The molecule has 0 spiro atoms. The number of amides is 1. The van der Waals surface area contributed by atoms with Gasteiger partial charge in [0.15, 0.2) is 5.65 Å². The molecule has 1 amide bonds. The molecule has 9 heteroatoms. The molecule has 1 N–H and O–H groups in total. The second-order valence-electron chi connectivity index (χ2n) is 7.32. The number of nitrogens with zero attached hydrogens (tertiary/aromatic N) is 5. The number of thiophene rings is 1. The lowest BCUT2D eigenvalue weighted by Crippen LogP contribution is -2.23. The highest BCUT2D eigenvalue weighted by molar-refractivity contribution is 7.18. The maximum atomic E-state index is 12.7. The molecule has 29 heavy (non-hydrogen) atoms. The molecule has 0 aliphatic heterocycles. The van der Waals surface area contributed by atoms with E-state index in [0.717, 1.165) is 26.3 Å². The van der Waals surface area contributed by atoms with Gasteiger partial charge in [0, 0.05) is 29.3 Å². The fourth-order valence-corrected chi connectivity index (χ4v) is 4.25. The Labute approximate surface area is 171 Å². The van der Waals surface area contributed by atoms with Gasteiger partial charge in [0.1, 0.15) is 4.83 Å². The lowest BCUT2D eigenvalue weighted by Gasteiger charge is -2.08. The van der Waals surface area contributed by atoms with E-state index in [1.807, 2.05) is 38.4 Å². The summed E-state index contributed by atoms with van der Waals surface area (Å²) in [4.78, 5) is 35.7. The van der Waals surface area contributed by atoms with Crippen LogP contribution in [0.4, 0.5) is 5.69 Å². The summed E-state index contributed by atoms with van der Waals surface area (Å²) in [5.41, 5.74) is 2.25. The zero-order valence-corrected chi connectivity index (χ0v) is 17.6. The Morgan fingerprint density at radius 1 is 1.24 bits per heavy atom. The fraction of sp³-hybridized carbons (Fsp3) is 0.350. The third-order valence-corrected chi connectivity index (χ3v) is 6.06. The van der Waals surface area contributed by atoms with Crippen LogP contribution in [-0.2, 0) is 11.3 Å². The molecule has 0 fully saturated rings. The second-order valence-corrected chi connectivity index (χ2v) is 8.53. The van der Waals surface area contributed by atoms with E-state index < -0.39 is 0 Å². The molecule has 0 saturated carbocycles. The Hall–Kier alpha value is -3.07. The van der Waals surface area contributed by atoms with Crippen LogP contribution in [0.25, 0.3) is 21.3 Å². The number of fused-ring (bicyclic) bond motifs is 2. The standard InChI is InChI=1S/C20H22N6O2S/c1-11(2)26-18-14(8-23-26)7-15(9-21-18)24-16(27)5-6-25-10-22-19-17(20(25)28)12(3)13(4)29-19/h7-11H,5-6H2,1-4H3,(H,24,27). The lowest BCUT2D eigenvalue weighted by molar-refractivity contribution is -0.116. The van der Waals surface area contributed by atoms with Crippen LogP contribution < -0.4 is 10.9 Å². The van der Waals surface area contributed by atoms with Crippen molar-refractivity contribution < 1.29 is 4.79 Å². The van der Waals surface area contributed by atoms with Crippen LogP contribution in [0.2, 0.25) is 0 Å². The molecule has 0 atom stereocenters. The molecule has 4 aromatic rings. The minimum Gasteiger partial charge on any atom is -0.325 e. The first-order valence-corrected chi connectivity index (χ1v) is 10.2. The Morgan fingerprint density at radius 2 is 2.03 bits per heavy atom. The average molecular weight is 411 g/mol. The number of anilines is 1. The zero-order chi connectivity index (χ0) is 20.7. The van der Waals surface area contributed by atoms with Crippen molar-refractivity contribution in [2.75, 3.05) is 5.32 Å². The topological polar surface area (TPSA) is 94.7 Å². The summed E-state index contributed by atoms with van der Waals surface area (Å²) in [5.74, 6) is -0.187.